The molecule has 0 unspecified atom stereocenters. The van der Waals surface area contributed by atoms with Crippen molar-refractivity contribution in [2.75, 3.05) is 44.4 Å². The molecule has 0 aromatic heterocycles. The second kappa shape index (κ2) is 8.43. The number of carbonyl (C=O) groups excluding carboxylic acids is 1. The number of ether oxygens (including phenoxy) is 2. The molecule has 1 N–H and O–H groups in total. The Morgan fingerprint density at radius 3 is 2.53 bits per heavy atom. The topological polar surface area (TPSA) is 54.0 Å². The van der Waals surface area contributed by atoms with Crippen molar-refractivity contribution in [3.05, 3.63) is 53.6 Å². The van der Waals surface area contributed by atoms with Gasteiger partial charge in [0.15, 0.2) is 11.5 Å². The van der Waals surface area contributed by atoms with Crippen molar-refractivity contribution in [2.24, 2.45) is 0 Å². The summed E-state index contributed by atoms with van der Waals surface area (Å²) >= 11 is 0. The van der Waals surface area contributed by atoms with E-state index in [9.17, 15) is 18.0 Å². The molecule has 2 aromatic carbocycles. The summed E-state index contributed by atoms with van der Waals surface area (Å²) < 4.78 is 49.3. The smallest absolute Gasteiger partial charge is 0.416 e. The predicted octanol–water partition coefficient (Wildman–Crippen LogP) is 2.87. The van der Waals surface area contributed by atoms with Gasteiger partial charge in [-0.25, -0.2) is 0 Å². The molecule has 6 nitrogen and oxygen atoms in total. The number of carbonyl (C=O) groups is 1. The Labute approximate surface area is 172 Å². The first-order chi connectivity index (χ1) is 14.4. The Morgan fingerprint density at radius 2 is 1.77 bits per heavy atom. The fraction of sp³-hybridized carbons (Fsp3) is 0.381. The van der Waals surface area contributed by atoms with E-state index in [0.29, 0.717) is 49.9 Å². The van der Waals surface area contributed by atoms with Crippen LogP contribution in [0.2, 0.25) is 0 Å². The molecule has 1 fully saturated rings. The molecule has 30 heavy (non-hydrogen) atoms. The van der Waals surface area contributed by atoms with Crippen molar-refractivity contribution < 1.29 is 27.4 Å². The molecule has 9 heteroatoms. The second-order valence-corrected chi connectivity index (χ2v) is 7.28. The van der Waals surface area contributed by atoms with E-state index in [2.05, 4.69) is 5.32 Å². The fourth-order valence-corrected chi connectivity index (χ4v) is 3.55. The van der Waals surface area contributed by atoms with E-state index >= 15 is 0 Å². The average Bonchev–Trinajstić information content (AvgIpc) is 3.20. The molecule has 0 spiro atoms. The maximum Gasteiger partial charge on any atom is 0.416 e. The summed E-state index contributed by atoms with van der Waals surface area (Å²) in [7, 11) is 0. The molecule has 1 amide bonds. The van der Waals surface area contributed by atoms with Crippen LogP contribution in [0, 0.1) is 0 Å². The number of nitrogens with zero attached hydrogens (tertiary/aromatic N) is 2. The molecule has 2 heterocycles. The highest BCUT2D eigenvalue weighted by Crippen LogP contribution is 2.33. The summed E-state index contributed by atoms with van der Waals surface area (Å²) in [6.45, 7) is 3.19. The van der Waals surface area contributed by atoms with Gasteiger partial charge >= 0.3 is 6.18 Å². The molecule has 0 aliphatic carbocycles. The van der Waals surface area contributed by atoms with Crippen molar-refractivity contribution in [1.29, 1.82) is 0 Å². The Balaban J connectivity index is 1.24. The second-order valence-electron chi connectivity index (χ2n) is 7.28. The molecule has 2 aliphatic heterocycles. The van der Waals surface area contributed by atoms with Crippen LogP contribution in [0.4, 0.5) is 18.9 Å². The first-order valence-electron chi connectivity index (χ1n) is 9.68. The molecule has 2 aromatic rings. The number of nitrogens with one attached hydrogen (secondary N) is 1. The summed E-state index contributed by atoms with van der Waals surface area (Å²) in [6.07, 6.45) is -4.35. The van der Waals surface area contributed by atoms with Crippen LogP contribution in [0.3, 0.4) is 0 Å². The van der Waals surface area contributed by atoms with Crippen molar-refractivity contribution in [3.8, 4) is 11.5 Å². The van der Waals surface area contributed by atoms with Crippen LogP contribution in [0.1, 0.15) is 11.1 Å². The van der Waals surface area contributed by atoms with Crippen LogP contribution < -0.4 is 19.7 Å². The molecule has 2 aliphatic rings. The normalized spacial score (nSPS) is 16.6. The van der Waals surface area contributed by atoms with Crippen LogP contribution in [0.15, 0.2) is 42.5 Å². The summed E-state index contributed by atoms with van der Waals surface area (Å²) in [5, 5.41) is 2.89. The molecule has 4 rings (SSSR count). The number of hydrogen-bond donors (Lipinski definition) is 1. The number of alkyl halides is 3. The first kappa shape index (κ1) is 20.3. The molecule has 1 saturated heterocycles. The van der Waals surface area contributed by atoms with Gasteiger partial charge < -0.3 is 19.7 Å². The number of rotatable bonds is 5. The zero-order valence-electron chi connectivity index (χ0n) is 16.2. The van der Waals surface area contributed by atoms with Gasteiger partial charge in [0.2, 0.25) is 12.7 Å². The molecule has 160 valence electrons. The zero-order valence-corrected chi connectivity index (χ0v) is 16.2. The lowest BCUT2D eigenvalue weighted by molar-refractivity contribution is -0.137. The van der Waals surface area contributed by atoms with Gasteiger partial charge in [0.1, 0.15) is 0 Å². The number of piperazine rings is 1. The van der Waals surface area contributed by atoms with E-state index in [0.717, 1.165) is 11.6 Å². The average molecular weight is 421 g/mol. The largest absolute Gasteiger partial charge is 0.454 e. The predicted molar refractivity (Wildman–Crippen MR) is 105 cm³/mol. The van der Waals surface area contributed by atoms with Gasteiger partial charge in [-0.1, -0.05) is 12.1 Å². The molecule has 0 radical (unpaired) electrons. The monoisotopic (exact) mass is 421 g/mol. The van der Waals surface area contributed by atoms with Gasteiger partial charge in [0.05, 0.1) is 12.1 Å². The van der Waals surface area contributed by atoms with Crippen LogP contribution in [-0.2, 0) is 17.5 Å². The first-order valence-corrected chi connectivity index (χ1v) is 9.68. The Morgan fingerprint density at radius 1 is 1.00 bits per heavy atom. The molecular formula is C21H22F3N3O3. The van der Waals surface area contributed by atoms with E-state index in [4.69, 9.17) is 9.47 Å². The van der Waals surface area contributed by atoms with Gasteiger partial charge in [0, 0.05) is 38.4 Å². The van der Waals surface area contributed by atoms with Gasteiger partial charge in [-0.05, 0) is 35.9 Å². The number of amides is 1. The van der Waals surface area contributed by atoms with Crippen LogP contribution in [-0.4, -0.2) is 50.3 Å². The van der Waals surface area contributed by atoms with Crippen LogP contribution >= 0.6 is 0 Å². The number of benzene rings is 2. The quantitative estimate of drug-likeness (QED) is 0.805. The fourth-order valence-electron chi connectivity index (χ4n) is 3.55. The van der Waals surface area contributed by atoms with Crippen LogP contribution in [0.25, 0.3) is 0 Å². The summed E-state index contributed by atoms with van der Waals surface area (Å²) in [4.78, 5) is 16.2. The molecule has 0 saturated carbocycles. The highest BCUT2D eigenvalue weighted by Gasteiger charge is 2.31. The summed E-state index contributed by atoms with van der Waals surface area (Å²) in [6, 6.07) is 10.9. The number of halogens is 3. The number of hydrogen-bond acceptors (Lipinski definition) is 5. The lowest BCUT2D eigenvalue weighted by Gasteiger charge is -2.36. The molecular weight excluding hydrogens is 399 g/mol. The van der Waals surface area contributed by atoms with E-state index in [1.807, 2.05) is 28.0 Å². The SMILES string of the molecule is O=C(CN1CCN(c2cccc(C(F)(F)F)c2)CC1)NCc1ccc2c(c1)OCO2. The Bertz CT molecular complexity index is 912. The van der Waals surface area contributed by atoms with E-state index < -0.39 is 11.7 Å². The molecule has 0 bridgehead atoms. The zero-order chi connectivity index (χ0) is 21.1. The van der Waals surface area contributed by atoms with Gasteiger partial charge in [-0.15, -0.1) is 0 Å². The Hall–Kier alpha value is -2.94. The number of anilines is 1. The van der Waals surface area contributed by atoms with Gasteiger partial charge in [-0.3, -0.25) is 9.69 Å². The third kappa shape index (κ3) is 4.79. The summed E-state index contributed by atoms with van der Waals surface area (Å²) in [5.41, 5.74) is 0.823. The maximum atomic E-state index is 12.9. The standard InChI is InChI=1S/C21H22F3N3O3/c22-21(23,24)16-2-1-3-17(11-16)27-8-6-26(7-9-27)13-20(28)25-12-15-4-5-18-19(10-15)30-14-29-18/h1-5,10-11H,6-9,12-14H2,(H,25,28). The number of fused-ring (bicyclic) bond motifs is 1. The maximum absolute atomic E-state index is 12.9. The third-order valence-corrected chi connectivity index (χ3v) is 5.20. The van der Waals surface area contributed by atoms with Crippen molar-refractivity contribution >= 4 is 11.6 Å². The van der Waals surface area contributed by atoms with E-state index in [1.165, 1.54) is 12.1 Å². The highest BCUT2D eigenvalue weighted by atomic mass is 19.4. The Kier molecular flexibility index (Phi) is 5.72. The van der Waals surface area contributed by atoms with E-state index in [-0.39, 0.29) is 19.2 Å². The minimum absolute atomic E-state index is 0.0971. The molecule has 0 atom stereocenters. The highest BCUT2D eigenvalue weighted by molar-refractivity contribution is 5.78. The third-order valence-electron chi connectivity index (χ3n) is 5.20. The van der Waals surface area contributed by atoms with E-state index in [1.54, 1.807) is 6.07 Å². The van der Waals surface area contributed by atoms with Crippen LogP contribution in [0.5, 0.6) is 11.5 Å². The minimum atomic E-state index is -4.35. The van der Waals surface area contributed by atoms with Crippen molar-refractivity contribution in [2.45, 2.75) is 12.7 Å². The summed E-state index contributed by atoms with van der Waals surface area (Å²) in [5.74, 6) is 1.27. The van der Waals surface area contributed by atoms with Crippen molar-refractivity contribution in [1.82, 2.24) is 10.2 Å². The lowest BCUT2D eigenvalue weighted by Crippen LogP contribution is -2.49. The minimum Gasteiger partial charge on any atom is -0.454 e. The van der Waals surface area contributed by atoms with Gasteiger partial charge in [0.25, 0.3) is 0 Å². The van der Waals surface area contributed by atoms with Gasteiger partial charge in [-0.2, -0.15) is 13.2 Å². The van der Waals surface area contributed by atoms with Crippen molar-refractivity contribution in [3.63, 3.8) is 0 Å². The lowest BCUT2D eigenvalue weighted by atomic mass is 10.1.